The number of amides is 3. The van der Waals surface area contributed by atoms with Crippen molar-refractivity contribution in [3.8, 4) is 0 Å². The summed E-state index contributed by atoms with van der Waals surface area (Å²) in [6.45, 7) is 10.7. The fourth-order valence-corrected chi connectivity index (χ4v) is 1.60. The van der Waals surface area contributed by atoms with Crippen molar-refractivity contribution in [2.24, 2.45) is 11.8 Å². The van der Waals surface area contributed by atoms with E-state index < -0.39 is 24.0 Å². The van der Waals surface area contributed by atoms with Gasteiger partial charge in [0.15, 0.2) is 0 Å². The molecule has 4 N–H and O–H groups in total. The van der Waals surface area contributed by atoms with E-state index in [0.29, 0.717) is 0 Å². The van der Waals surface area contributed by atoms with Crippen molar-refractivity contribution in [3.63, 3.8) is 0 Å². The minimum absolute atomic E-state index is 0.0203. The molecule has 0 aromatic rings. The number of rotatable bonds is 6. The van der Waals surface area contributed by atoms with Crippen LogP contribution in [0.2, 0.25) is 0 Å². The van der Waals surface area contributed by atoms with Crippen molar-refractivity contribution in [2.75, 3.05) is 6.54 Å². The third-order valence-electron chi connectivity index (χ3n) is 2.84. The molecule has 0 aromatic carbocycles. The van der Waals surface area contributed by atoms with Gasteiger partial charge < -0.3 is 21.1 Å². The van der Waals surface area contributed by atoms with Gasteiger partial charge in [-0.3, -0.25) is 9.59 Å². The van der Waals surface area contributed by atoms with E-state index >= 15 is 0 Å². The van der Waals surface area contributed by atoms with Crippen LogP contribution in [0.1, 0.15) is 41.5 Å². The number of aliphatic carboxylic acids is 1. The Bertz CT molecular complexity index is 388. The van der Waals surface area contributed by atoms with Gasteiger partial charge in [-0.05, 0) is 33.6 Å². The Morgan fingerprint density at radius 2 is 1.62 bits per heavy atom. The number of carboxylic acid groups (broad SMARTS) is 1. The molecule has 0 heterocycles. The Labute approximate surface area is 125 Å². The highest BCUT2D eigenvalue weighted by Gasteiger charge is 2.24. The molecule has 0 fully saturated rings. The third-order valence-corrected chi connectivity index (χ3v) is 2.84. The molecule has 0 aliphatic rings. The molecule has 0 radical (unpaired) electrons. The zero-order chi connectivity index (χ0) is 16.8. The lowest BCUT2D eigenvalue weighted by atomic mass is 9.96. The van der Waals surface area contributed by atoms with E-state index in [0.717, 1.165) is 0 Å². The molecule has 122 valence electrons. The van der Waals surface area contributed by atoms with Crippen LogP contribution in [0, 0.1) is 11.8 Å². The first-order valence-electron chi connectivity index (χ1n) is 7.03. The molecule has 0 aliphatic heterocycles. The molecule has 0 rings (SSSR count). The van der Waals surface area contributed by atoms with Gasteiger partial charge >= 0.3 is 12.0 Å². The number of carboxylic acids is 1. The minimum Gasteiger partial charge on any atom is -0.481 e. The summed E-state index contributed by atoms with van der Waals surface area (Å²) in [5, 5.41) is 16.7. The molecule has 0 aromatic heterocycles. The summed E-state index contributed by atoms with van der Waals surface area (Å²) in [5.74, 6) is -2.00. The van der Waals surface area contributed by atoms with Crippen LogP contribution in [0.3, 0.4) is 0 Å². The Kier molecular flexibility index (Phi) is 7.18. The number of nitrogens with one attached hydrogen (secondary N) is 3. The third kappa shape index (κ3) is 8.16. The maximum atomic E-state index is 11.8. The van der Waals surface area contributed by atoms with Gasteiger partial charge in [-0.25, -0.2) is 4.79 Å². The van der Waals surface area contributed by atoms with Gasteiger partial charge in [0.25, 0.3) is 0 Å². The molecular weight excluding hydrogens is 274 g/mol. The average molecular weight is 301 g/mol. The van der Waals surface area contributed by atoms with Gasteiger partial charge in [0.2, 0.25) is 5.91 Å². The molecule has 0 saturated heterocycles. The van der Waals surface area contributed by atoms with Gasteiger partial charge in [0, 0.05) is 12.1 Å². The van der Waals surface area contributed by atoms with Crippen molar-refractivity contribution in [1.29, 1.82) is 0 Å². The summed E-state index contributed by atoms with van der Waals surface area (Å²) in [7, 11) is 0. The molecule has 21 heavy (non-hydrogen) atoms. The van der Waals surface area contributed by atoms with E-state index in [1.54, 1.807) is 20.8 Å². The van der Waals surface area contributed by atoms with Crippen molar-refractivity contribution >= 4 is 17.9 Å². The summed E-state index contributed by atoms with van der Waals surface area (Å²) in [5.41, 5.74) is -0.379. The van der Waals surface area contributed by atoms with E-state index in [1.165, 1.54) is 0 Å². The fourth-order valence-electron chi connectivity index (χ4n) is 1.60. The summed E-state index contributed by atoms with van der Waals surface area (Å²) >= 11 is 0. The van der Waals surface area contributed by atoms with Crippen LogP contribution in [0.15, 0.2) is 0 Å². The van der Waals surface area contributed by atoms with Gasteiger partial charge in [0.05, 0.1) is 5.92 Å². The monoisotopic (exact) mass is 301 g/mol. The van der Waals surface area contributed by atoms with Crippen LogP contribution >= 0.6 is 0 Å². The summed E-state index contributed by atoms with van der Waals surface area (Å²) in [6.07, 6.45) is 0. The lowest BCUT2D eigenvalue weighted by Crippen LogP contribution is -2.53. The van der Waals surface area contributed by atoms with Crippen LogP contribution in [-0.4, -0.2) is 41.1 Å². The normalized spacial score (nSPS) is 14.2. The van der Waals surface area contributed by atoms with Crippen molar-refractivity contribution in [2.45, 2.75) is 53.1 Å². The van der Waals surface area contributed by atoms with E-state index in [-0.39, 0.29) is 23.9 Å². The first-order valence-corrected chi connectivity index (χ1v) is 7.03. The van der Waals surface area contributed by atoms with Crippen LogP contribution in [-0.2, 0) is 9.59 Å². The highest BCUT2D eigenvalue weighted by molar-refractivity contribution is 5.87. The van der Waals surface area contributed by atoms with E-state index in [9.17, 15) is 14.4 Å². The number of carbonyl (C=O) groups is 3. The summed E-state index contributed by atoms with van der Waals surface area (Å²) < 4.78 is 0. The topological polar surface area (TPSA) is 108 Å². The minimum atomic E-state index is -0.955. The number of hydrogen-bond donors (Lipinski definition) is 4. The van der Waals surface area contributed by atoms with Gasteiger partial charge in [-0.1, -0.05) is 13.8 Å². The molecule has 2 unspecified atom stereocenters. The Morgan fingerprint density at radius 1 is 1.10 bits per heavy atom. The highest BCUT2D eigenvalue weighted by atomic mass is 16.4. The highest BCUT2D eigenvalue weighted by Crippen LogP contribution is 2.09. The molecule has 0 aliphatic carbocycles. The lowest BCUT2D eigenvalue weighted by molar-refractivity contribution is -0.143. The maximum absolute atomic E-state index is 11.8. The fraction of sp³-hybridized carbons (Fsp3) is 0.786. The van der Waals surface area contributed by atoms with Gasteiger partial charge in [0.1, 0.15) is 6.04 Å². The molecule has 7 nitrogen and oxygen atoms in total. The standard InChI is InChI=1S/C14H27N3O4/c1-8(2)10(12(19)20)7-15-13(21)16-9(3)11(18)17-14(4,5)6/h8-10H,7H2,1-6H3,(H,17,18)(H,19,20)(H2,15,16,21). The van der Waals surface area contributed by atoms with Crippen LogP contribution in [0.25, 0.3) is 0 Å². The van der Waals surface area contributed by atoms with Crippen LogP contribution in [0.4, 0.5) is 4.79 Å². The summed E-state index contributed by atoms with van der Waals surface area (Å²) in [4.78, 5) is 34.5. The molecular formula is C14H27N3O4. The Balaban J connectivity index is 4.31. The van der Waals surface area contributed by atoms with E-state index in [1.807, 2.05) is 20.8 Å². The van der Waals surface area contributed by atoms with Crippen molar-refractivity contribution in [1.82, 2.24) is 16.0 Å². The maximum Gasteiger partial charge on any atom is 0.315 e. The second kappa shape index (κ2) is 7.85. The quantitative estimate of drug-likeness (QED) is 0.585. The van der Waals surface area contributed by atoms with Crippen LogP contribution < -0.4 is 16.0 Å². The molecule has 0 bridgehead atoms. The molecule has 2 atom stereocenters. The lowest BCUT2D eigenvalue weighted by Gasteiger charge is -2.24. The van der Waals surface area contributed by atoms with Gasteiger partial charge in [-0.2, -0.15) is 0 Å². The first-order chi connectivity index (χ1) is 9.44. The molecule has 3 amide bonds. The SMILES string of the molecule is CC(NC(=O)NCC(C(=O)O)C(C)C)C(=O)NC(C)(C)C. The van der Waals surface area contributed by atoms with Gasteiger partial charge in [-0.15, -0.1) is 0 Å². The summed E-state index contributed by atoms with van der Waals surface area (Å²) in [6, 6.07) is -1.26. The molecule has 7 heteroatoms. The second-order valence-corrected chi connectivity index (χ2v) is 6.50. The number of carbonyl (C=O) groups excluding carboxylic acids is 2. The Hall–Kier alpha value is -1.79. The smallest absolute Gasteiger partial charge is 0.315 e. The largest absolute Gasteiger partial charge is 0.481 e. The zero-order valence-electron chi connectivity index (χ0n) is 13.6. The van der Waals surface area contributed by atoms with Crippen molar-refractivity contribution < 1.29 is 19.5 Å². The van der Waals surface area contributed by atoms with E-state index in [4.69, 9.17) is 5.11 Å². The predicted molar refractivity (Wildman–Crippen MR) is 79.9 cm³/mol. The predicted octanol–water partition coefficient (Wildman–Crippen LogP) is 0.946. The van der Waals surface area contributed by atoms with Crippen molar-refractivity contribution in [3.05, 3.63) is 0 Å². The van der Waals surface area contributed by atoms with E-state index in [2.05, 4.69) is 16.0 Å². The van der Waals surface area contributed by atoms with Crippen LogP contribution in [0.5, 0.6) is 0 Å². The second-order valence-electron chi connectivity index (χ2n) is 6.50. The zero-order valence-corrected chi connectivity index (χ0v) is 13.6. The Morgan fingerprint density at radius 3 is 2.00 bits per heavy atom. The first kappa shape index (κ1) is 19.2. The number of urea groups is 1. The molecule has 0 saturated carbocycles. The molecule has 0 spiro atoms. The number of hydrogen-bond acceptors (Lipinski definition) is 3. The average Bonchev–Trinajstić information content (AvgIpc) is 2.25.